The van der Waals surface area contributed by atoms with E-state index >= 15 is 0 Å². The topological polar surface area (TPSA) is 85.6 Å². The minimum absolute atomic E-state index is 0.200. The number of hydrogen-bond acceptors (Lipinski definition) is 7. The predicted molar refractivity (Wildman–Crippen MR) is 149 cm³/mol. The van der Waals surface area contributed by atoms with Crippen LogP contribution in [0.5, 0.6) is 17.4 Å². The maximum absolute atomic E-state index is 13.0. The monoisotopic (exact) mass is 532 g/mol. The molecule has 1 aromatic carbocycles. The summed E-state index contributed by atoms with van der Waals surface area (Å²) < 4.78 is 14.2. The van der Waals surface area contributed by atoms with Crippen LogP contribution in [0.4, 0.5) is 0 Å². The zero-order valence-electron chi connectivity index (χ0n) is 23.2. The zero-order chi connectivity index (χ0) is 27.0. The fourth-order valence-electron chi connectivity index (χ4n) is 5.57. The summed E-state index contributed by atoms with van der Waals surface area (Å²) in [6, 6.07) is 12.3. The molecule has 208 valence electrons. The van der Waals surface area contributed by atoms with Crippen molar-refractivity contribution in [1.82, 2.24) is 29.5 Å². The molecule has 0 aliphatic carbocycles. The molecule has 0 unspecified atom stereocenters. The van der Waals surface area contributed by atoms with Crippen LogP contribution in [-0.4, -0.2) is 67.7 Å². The minimum atomic E-state index is 0.200. The highest BCUT2D eigenvalue weighted by atomic mass is 16.5. The van der Waals surface area contributed by atoms with Crippen molar-refractivity contribution in [2.24, 2.45) is 0 Å². The summed E-state index contributed by atoms with van der Waals surface area (Å²) in [7, 11) is 0. The highest BCUT2D eigenvalue weighted by molar-refractivity contribution is 5.76. The van der Waals surface area contributed by atoms with Crippen molar-refractivity contribution in [1.29, 1.82) is 0 Å². The van der Waals surface area contributed by atoms with Crippen molar-refractivity contribution < 1.29 is 14.3 Å². The van der Waals surface area contributed by atoms with Crippen LogP contribution in [0.2, 0.25) is 0 Å². The average molecular weight is 533 g/mol. The second-order valence-corrected chi connectivity index (χ2v) is 10.5. The summed E-state index contributed by atoms with van der Waals surface area (Å²) in [4.78, 5) is 26.5. The Labute approximate surface area is 231 Å². The number of piperidine rings is 1. The van der Waals surface area contributed by atoms with Gasteiger partial charge in [0.15, 0.2) is 11.5 Å². The number of para-hydroxylation sites is 2. The number of nitrogens with zero attached hydrogens (tertiary/aromatic N) is 6. The molecule has 0 atom stereocenters. The number of rotatable bonds is 4. The number of carbonyl (C=O) groups excluding carboxylic acids is 1. The first kappa shape index (κ1) is 27.1. The van der Waals surface area contributed by atoms with Crippen LogP contribution >= 0.6 is 0 Å². The average Bonchev–Trinajstić information content (AvgIpc) is 3.28. The second kappa shape index (κ2) is 13.1. The van der Waals surface area contributed by atoms with Gasteiger partial charge in [0.1, 0.15) is 11.6 Å². The third-order valence-electron chi connectivity index (χ3n) is 7.71. The van der Waals surface area contributed by atoms with E-state index in [1.54, 1.807) is 6.20 Å². The highest BCUT2D eigenvalue weighted by Crippen LogP contribution is 2.33. The van der Waals surface area contributed by atoms with Crippen molar-refractivity contribution in [3.05, 3.63) is 59.8 Å². The van der Waals surface area contributed by atoms with Gasteiger partial charge in [0, 0.05) is 43.9 Å². The number of ether oxygens (including phenoxy) is 2. The number of hydrogen-bond donors (Lipinski definition) is 0. The van der Waals surface area contributed by atoms with Gasteiger partial charge in [-0.05, 0) is 64.3 Å². The van der Waals surface area contributed by atoms with Crippen molar-refractivity contribution in [3.63, 3.8) is 0 Å². The van der Waals surface area contributed by atoms with Gasteiger partial charge in [-0.15, -0.1) is 0 Å². The SMILES string of the molecule is Cc1nc(C)n(CCC(=O)N2CCC(N3CCCCCCOc4ccccc4Oc4ncccc4C3)CC2)n1. The third kappa shape index (κ3) is 7.15. The van der Waals surface area contributed by atoms with Gasteiger partial charge in [-0.3, -0.25) is 9.69 Å². The smallest absolute Gasteiger partial charge is 0.224 e. The Bertz CT molecular complexity index is 1240. The van der Waals surface area contributed by atoms with Gasteiger partial charge in [0.05, 0.1) is 13.2 Å². The number of pyridine rings is 1. The van der Waals surface area contributed by atoms with Gasteiger partial charge in [-0.25, -0.2) is 14.6 Å². The number of likely N-dealkylation sites (tertiary alicyclic amines) is 1. The van der Waals surface area contributed by atoms with E-state index in [0.717, 1.165) is 81.2 Å². The molecular weight excluding hydrogens is 492 g/mol. The van der Waals surface area contributed by atoms with Crippen LogP contribution < -0.4 is 9.47 Å². The quantitative estimate of drug-likeness (QED) is 0.472. The zero-order valence-corrected chi connectivity index (χ0v) is 23.2. The Morgan fingerprint density at radius 1 is 0.974 bits per heavy atom. The molecule has 4 heterocycles. The normalized spacial score (nSPS) is 17.8. The molecule has 2 aliphatic rings. The fraction of sp³-hybridized carbons (Fsp3) is 0.533. The standard InChI is InChI=1S/C30H40N6O3/c1-23-32-24(2)36(33-23)20-15-29(37)34-18-13-26(14-19-34)35-17-7-3-4-8-21-38-27-11-5-6-12-28(27)39-30-25(22-35)10-9-16-31-30/h5-6,9-12,16,26H,3-4,7-8,13-15,17-22H2,1-2H3. The lowest BCUT2D eigenvalue weighted by Crippen LogP contribution is -2.47. The first-order valence-electron chi connectivity index (χ1n) is 14.3. The van der Waals surface area contributed by atoms with Gasteiger partial charge in [0.25, 0.3) is 0 Å². The van der Waals surface area contributed by atoms with Crippen molar-refractivity contribution >= 4 is 5.91 Å². The Morgan fingerprint density at radius 2 is 1.77 bits per heavy atom. The molecule has 0 bridgehead atoms. The summed E-state index contributed by atoms with van der Waals surface area (Å²) in [5, 5.41) is 4.39. The number of carbonyl (C=O) groups is 1. The minimum Gasteiger partial charge on any atom is -0.490 e. The third-order valence-corrected chi connectivity index (χ3v) is 7.71. The molecule has 1 fully saturated rings. The van der Waals surface area contributed by atoms with E-state index in [4.69, 9.17) is 9.47 Å². The van der Waals surface area contributed by atoms with Crippen LogP contribution in [0.25, 0.3) is 0 Å². The lowest BCUT2D eigenvalue weighted by atomic mass is 10.0. The summed E-state index contributed by atoms with van der Waals surface area (Å²) in [5.41, 5.74) is 1.07. The molecule has 9 heteroatoms. The van der Waals surface area contributed by atoms with E-state index in [9.17, 15) is 4.79 Å². The van der Waals surface area contributed by atoms with Crippen molar-refractivity contribution in [2.75, 3.05) is 26.2 Å². The van der Waals surface area contributed by atoms with Gasteiger partial charge < -0.3 is 14.4 Å². The van der Waals surface area contributed by atoms with Crippen LogP contribution in [0, 0.1) is 13.8 Å². The number of amides is 1. The van der Waals surface area contributed by atoms with E-state index < -0.39 is 0 Å². The predicted octanol–water partition coefficient (Wildman–Crippen LogP) is 4.92. The molecule has 1 amide bonds. The van der Waals surface area contributed by atoms with Gasteiger partial charge in [-0.1, -0.05) is 31.0 Å². The molecule has 3 aromatic rings. The van der Waals surface area contributed by atoms with Crippen LogP contribution in [0.15, 0.2) is 42.6 Å². The molecule has 0 spiro atoms. The van der Waals surface area contributed by atoms with Gasteiger partial charge in [0.2, 0.25) is 11.8 Å². The molecule has 0 saturated carbocycles. The molecule has 2 aromatic heterocycles. The maximum Gasteiger partial charge on any atom is 0.224 e. The Kier molecular flexibility index (Phi) is 9.08. The molecule has 2 aliphatic heterocycles. The first-order valence-corrected chi connectivity index (χ1v) is 14.3. The molecule has 9 nitrogen and oxygen atoms in total. The molecule has 0 radical (unpaired) electrons. The lowest BCUT2D eigenvalue weighted by molar-refractivity contribution is -0.133. The van der Waals surface area contributed by atoms with Crippen LogP contribution in [-0.2, 0) is 17.9 Å². The summed E-state index contributed by atoms with van der Waals surface area (Å²) in [6.45, 7) is 8.45. The maximum atomic E-state index is 13.0. The van der Waals surface area contributed by atoms with Crippen LogP contribution in [0.3, 0.4) is 0 Å². The molecule has 39 heavy (non-hydrogen) atoms. The van der Waals surface area contributed by atoms with E-state index in [0.29, 0.717) is 37.2 Å². The van der Waals surface area contributed by atoms with Crippen LogP contribution in [0.1, 0.15) is 62.2 Å². The molecule has 5 rings (SSSR count). The number of fused-ring (bicyclic) bond motifs is 2. The second-order valence-electron chi connectivity index (χ2n) is 10.5. The summed E-state index contributed by atoms with van der Waals surface area (Å²) in [6.07, 6.45) is 8.67. The van der Waals surface area contributed by atoms with Crippen molar-refractivity contribution in [2.45, 2.75) is 77.9 Å². The van der Waals surface area contributed by atoms with E-state index in [1.165, 1.54) is 6.42 Å². The fourth-order valence-corrected chi connectivity index (χ4v) is 5.57. The number of aryl methyl sites for hydroxylation is 3. The van der Waals surface area contributed by atoms with E-state index in [-0.39, 0.29) is 5.91 Å². The highest BCUT2D eigenvalue weighted by Gasteiger charge is 2.28. The largest absolute Gasteiger partial charge is 0.490 e. The Hall–Kier alpha value is -3.46. The molecule has 0 N–H and O–H groups in total. The number of benzene rings is 1. The first-order chi connectivity index (χ1) is 19.1. The van der Waals surface area contributed by atoms with E-state index in [1.807, 2.05) is 53.8 Å². The molecule has 1 saturated heterocycles. The lowest BCUT2D eigenvalue weighted by Gasteiger charge is -2.39. The Morgan fingerprint density at radius 3 is 2.56 bits per heavy atom. The summed E-state index contributed by atoms with van der Waals surface area (Å²) >= 11 is 0. The van der Waals surface area contributed by atoms with Crippen molar-refractivity contribution in [3.8, 4) is 17.4 Å². The Balaban J connectivity index is 1.24. The molecular formula is C30H40N6O3. The van der Waals surface area contributed by atoms with Gasteiger partial charge >= 0.3 is 0 Å². The van der Waals surface area contributed by atoms with Gasteiger partial charge in [-0.2, -0.15) is 5.10 Å². The summed E-state index contributed by atoms with van der Waals surface area (Å²) in [5.74, 6) is 3.89. The number of aromatic nitrogens is 4. The van der Waals surface area contributed by atoms with E-state index in [2.05, 4.69) is 26.0 Å².